The molecule has 3 nitrogen and oxygen atoms in total. The van der Waals surface area contributed by atoms with Crippen molar-refractivity contribution in [2.45, 2.75) is 23.1 Å². The summed E-state index contributed by atoms with van der Waals surface area (Å²) in [7, 11) is 1.82. The van der Waals surface area contributed by atoms with Crippen LogP contribution in [0, 0.1) is 11.6 Å². The number of halogens is 2. The molecular formula is C18H20F2N2OS. The molecule has 0 saturated carbocycles. The second-order valence-electron chi connectivity index (χ2n) is 5.42. The van der Waals surface area contributed by atoms with Crippen molar-refractivity contribution in [3.8, 4) is 0 Å². The normalized spacial score (nSPS) is 13.3. The summed E-state index contributed by atoms with van der Waals surface area (Å²) in [6.45, 7) is 2.44. The summed E-state index contributed by atoms with van der Waals surface area (Å²) in [6, 6.07) is 13.0. The fraction of sp³-hybridized carbons (Fsp3) is 0.278. The van der Waals surface area contributed by atoms with Gasteiger partial charge in [-0.2, -0.15) is 0 Å². The Morgan fingerprint density at radius 2 is 1.83 bits per heavy atom. The van der Waals surface area contributed by atoms with Crippen LogP contribution in [0.4, 0.5) is 8.78 Å². The molecule has 2 aromatic carbocycles. The van der Waals surface area contributed by atoms with Crippen molar-refractivity contribution >= 4 is 17.7 Å². The molecule has 0 heterocycles. The van der Waals surface area contributed by atoms with Crippen molar-refractivity contribution in [1.29, 1.82) is 0 Å². The van der Waals surface area contributed by atoms with Crippen molar-refractivity contribution in [3.63, 3.8) is 0 Å². The molecule has 0 radical (unpaired) electrons. The lowest BCUT2D eigenvalue weighted by Crippen LogP contribution is -2.38. The first kappa shape index (κ1) is 18.4. The largest absolute Gasteiger partial charge is 0.353 e. The second-order valence-corrected chi connectivity index (χ2v) is 6.60. The van der Waals surface area contributed by atoms with E-state index in [4.69, 9.17) is 0 Å². The Morgan fingerprint density at radius 1 is 1.12 bits per heavy atom. The van der Waals surface area contributed by atoms with Crippen LogP contribution in [0.25, 0.3) is 0 Å². The number of hydrogen-bond donors (Lipinski definition) is 2. The lowest BCUT2D eigenvalue weighted by molar-refractivity contribution is -0.120. The standard InChI is InChI=1S/C18H20F2N2OS/c1-12(21-2)11-22-18(23)17(13-6-4-3-5-7-13)24-14-8-9-15(19)16(20)10-14/h3-10,12,17,21H,11H2,1-2H3,(H,22,23). The van der Waals surface area contributed by atoms with Gasteiger partial charge in [0.15, 0.2) is 11.6 Å². The summed E-state index contributed by atoms with van der Waals surface area (Å²) in [5, 5.41) is 5.40. The van der Waals surface area contributed by atoms with E-state index in [1.165, 1.54) is 17.8 Å². The van der Waals surface area contributed by atoms with Crippen LogP contribution >= 0.6 is 11.8 Å². The molecule has 0 saturated heterocycles. The van der Waals surface area contributed by atoms with Crippen molar-refractivity contribution in [3.05, 3.63) is 65.7 Å². The van der Waals surface area contributed by atoms with Crippen LogP contribution in [-0.4, -0.2) is 25.5 Å². The maximum absolute atomic E-state index is 13.4. The number of benzene rings is 2. The molecule has 0 aliphatic carbocycles. The Labute approximate surface area is 144 Å². The van der Waals surface area contributed by atoms with E-state index >= 15 is 0 Å². The summed E-state index contributed by atoms with van der Waals surface area (Å²) in [5.74, 6) is -1.99. The molecule has 0 bridgehead atoms. The Hall–Kier alpha value is -1.92. The third-order valence-corrected chi connectivity index (χ3v) is 4.81. The molecule has 2 unspecified atom stereocenters. The fourth-order valence-electron chi connectivity index (χ4n) is 2.04. The van der Waals surface area contributed by atoms with Crippen LogP contribution < -0.4 is 10.6 Å². The molecular weight excluding hydrogens is 330 g/mol. The van der Waals surface area contributed by atoms with Crippen molar-refractivity contribution < 1.29 is 13.6 Å². The Kier molecular flexibility index (Phi) is 6.75. The van der Waals surface area contributed by atoms with E-state index in [9.17, 15) is 13.6 Å². The number of carbonyl (C=O) groups excluding carboxylic acids is 1. The summed E-state index contributed by atoms with van der Waals surface area (Å²) in [5.41, 5.74) is 0.807. The molecule has 24 heavy (non-hydrogen) atoms. The predicted molar refractivity (Wildman–Crippen MR) is 92.9 cm³/mol. The van der Waals surface area contributed by atoms with Gasteiger partial charge in [-0.15, -0.1) is 11.8 Å². The van der Waals surface area contributed by atoms with Crippen LogP contribution in [0.5, 0.6) is 0 Å². The van der Waals surface area contributed by atoms with Gasteiger partial charge in [0, 0.05) is 17.5 Å². The molecule has 0 aliphatic heterocycles. The van der Waals surface area contributed by atoms with E-state index in [1.807, 2.05) is 44.3 Å². The molecule has 1 amide bonds. The number of likely N-dealkylation sites (N-methyl/N-ethyl adjacent to an activating group) is 1. The number of nitrogens with one attached hydrogen (secondary N) is 2. The van der Waals surface area contributed by atoms with Crippen LogP contribution in [0.3, 0.4) is 0 Å². The minimum atomic E-state index is -0.920. The molecule has 0 spiro atoms. The van der Waals surface area contributed by atoms with Crippen molar-refractivity contribution in [2.75, 3.05) is 13.6 Å². The Balaban J connectivity index is 2.19. The average Bonchev–Trinajstić information content (AvgIpc) is 2.61. The topological polar surface area (TPSA) is 41.1 Å². The minimum Gasteiger partial charge on any atom is -0.353 e. The lowest BCUT2D eigenvalue weighted by Gasteiger charge is -2.19. The third-order valence-electron chi connectivity index (χ3n) is 3.56. The highest BCUT2D eigenvalue weighted by molar-refractivity contribution is 8.00. The van der Waals surface area contributed by atoms with Gasteiger partial charge in [-0.05, 0) is 37.7 Å². The Morgan fingerprint density at radius 3 is 2.46 bits per heavy atom. The SMILES string of the molecule is CNC(C)CNC(=O)C(Sc1ccc(F)c(F)c1)c1ccccc1. The molecule has 2 aromatic rings. The second kappa shape index (κ2) is 8.80. The van der Waals surface area contributed by atoms with Crippen LogP contribution in [0.2, 0.25) is 0 Å². The van der Waals surface area contributed by atoms with Gasteiger partial charge in [0.05, 0.1) is 0 Å². The maximum Gasteiger partial charge on any atom is 0.238 e. The van der Waals surface area contributed by atoms with Gasteiger partial charge in [0.25, 0.3) is 0 Å². The first-order valence-corrected chi connectivity index (χ1v) is 8.51. The average molecular weight is 350 g/mol. The van der Waals surface area contributed by atoms with Gasteiger partial charge in [0.2, 0.25) is 5.91 Å². The van der Waals surface area contributed by atoms with E-state index in [-0.39, 0.29) is 11.9 Å². The number of hydrogen-bond acceptors (Lipinski definition) is 3. The highest BCUT2D eigenvalue weighted by Gasteiger charge is 2.22. The van der Waals surface area contributed by atoms with Gasteiger partial charge < -0.3 is 10.6 Å². The molecule has 6 heteroatoms. The highest BCUT2D eigenvalue weighted by atomic mass is 32.2. The number of thioether (sulfide) groups is 1. The quantitative estimate of drug-likeness (QED) is 0.751. The summed E-state index contributed by atoms with van der Waals surface area (Å²) >= 11 is 1.19. The first-order valence-electron chi connectivity index (χ1n) is 7.63. The molecule has 0 fully saturated rings. The van der Waals surface area contributed by atoms with E-state index in [0.717, 1.165) is 17.7 Å². The van der Waals surface area contributed by atoms with Crippen LogP contribution in [0.15, 0.2) is 53.4 Å². The molecule has 0 aliphatic rings. The fourth-order valence-corrected chi connectivity index (χ4v) is 3.11. The molecule has 2 atom stereocenters. The zero-order chi connectivity index (χ0) is 17.5. The molecule has 2 N–H and O–H groups in total. The number of rotatable bonds is 7. The summed E-state index contributed by atoms with van der Waals surface area (Å²) in [4.78, 5) is 13.1. The smallest absolute Gasteiger partial charge is 0.238 e. The van der Waals surface area contributed by atoms with E-state index in [0.29, 0.717) is 11.4 Å². The van der Waals surface area contributed by atoms with E-state index in [1.54, 1.807) is 0 Å². The van der Waals surface area contributed by atoms with Crippen molar-refractivity contribution in [1.82, 2.24) is 10.6 Å². The first-order chi connectivity index (χ1) is 11.5. The minimum absolute atomic E-state index is 0.138. The zero-order valence-corrected chi connectivity index (χ0v) is 14.4. The van der Waals surface area contributed by atoms with Gasteiger partial charge in [-0.25, -0.2) is 8.78 Å². The van der Waals surface area contributed by atoms with E-state index < -0.39 is 16.9 Å². The molecule has 2 rings (SSSR count). The molecule has 0 aromatic heterocycles. The maximum atomic E-state index is 13.4. The Bertz CT molecular complexity index is 682. The third kappa shape index (κ3) is 5.04. The predicted octanol–water partition coefficient (Wildman–Crippen LogP) is 3.52. The van der Waals surface area contributed by atoms with Crippen LogP contribution in [0.1, 0.15) is 17.7 Å². The highest BCUT2D eigenvalue weighted by Crippen LogP contribution is 2.35. The van der Waals surface area contributed by atoms with Crippen molar-refractivity contribution in [2.24, 2.45) is 0 Å². The van der Waals surface area contributed by atoms with Gasteiger partial charge in [-0.1, -0.05) is 30.3 Å². The molecule has 128 valence electrons. The van der Waals surface area contributed by atoms with Crippen LogP contribution in [-0.2, 0) is 4.79 Å². The number of carbonyl (C=O) groups is 1. The summed E-state index contributed by atoms with van der Waals surface area (Å²) in [6.07, 6.45) is 0. The van der Waals surface area contributed by atoms with Gasteiger partial charge >= 0.3 is 0 Å². The lowest BCUT2D eigenvalue weighted by atomic mass is 10.1. The van der Waals surface area contributed by atoms with Gasteiger partial charge in [0.1, 0.15) is 5.25 Å². The monoisotopic (exact) mass is 350 g/mol. The number of amides is 1. The zero-order valence-electron chi connectivity index (χ0n) is 13.6. The van der Waals surface area contributed by atoms with Gasteiger partial charge in [-0.3, -0.25) is 4.79 Å². The summed E-state index contributed by atoms with van der Waals surface area (Å²) < 4.78 is 26.5. The van der Waals surface area contributed by atoms with E-state index in [2.05, 4.69) is 10.6 Å².